The topological polar surface area (TPSA) is 25.9 Å². The molecule has 0 aliphatic heterocycles. The fraction of sp³-hybridized carbons (Fsp3) is 1.00. The summed E-state index contributed by atoms with van der Waals surface area (Å²) in [7, 11) is 4.42. The molecule has 0 atom stereocenters. The Kier molecular flexibility index (Phi) is 46.6. The van der Waals surface area contributed by atoms with E-state index in [9.17, 15) is 0 Å². The predicted octanol–water partition coefficient (Wildman–Crippen LogP) is 5.90. The molecule has 0 amide bonds. The van der Waals surface area contributed by atoms with Gasteiger partial charge in [-0.3, -0.25) is 4.90 Å². The second kappa shape index (κ2) is 40.9. The van der Waals surface area contributed by atoms with Gasteiger partial charge in [0.1, 0.15) is 0 Å². The number of hydrogen-bond donors (Lipinski definition) is 0. The van der Waals surface area contributed by atoms with Gasteiger partial charge in [0.2, 0.25) is 0 Å². The van der Waals surface area contributed by atoms with Crippen molar-refractivity contribution in [2.75, 3.05) is 158 Å². The summed E-state index contributed by atoms with van der Waals surface area (Å²) in [4.78, 5) is 20.2. The molecule has 0 aromatic carbocycles. The SMILES string of the molecule is CC.CC.CCN(C)CCN(CC)CCN(CC)CC.CCN(C)CCN(CCN(CC)CC)CCN(CC)CCN(CC)CC. The Balaban J connectivity index is -0.000000377. The van der Waals surface area contributed by atoms with E-state index in [-0.39, 0.29) is 0 Å². The Morgan fingerprint density at radius 3 is 0.609 bits per heavy atom. The summed E-state index contributed by atoms with van der Waals surface area (Å²) in [5.74, 6) is 0. The molecule has 0 fully saturated rings. The van der Waals surface area contributed by atoms with Gasteiger partial charge in [-0.1, -0.05) is 96.9 Å². The molecule has 0 rings (SSSR count). The van der Waals surface area contributed by atoms with Crippen LogP contribution in [0.3, 0.4) is 0 Å². The highest BCUT2D eigenvalue weighted by molar-refractivity contribution is 4.68. The van der Waals surface area contributed by atoms with Crippen LogP contribution in [0.2, 0.25) is 0 Å². The van der Waals surface area contributed by atoms with Crippen molar-refractivity contribution in [3.8, 4) is 0 Å². The molecule has 0 bridgehead atoms. The maximum Gasteiger partial charge on any atom is 0.0110 e. The van der Waals surface area contributed by atoms with Gasteiger partial charge in [-0.05, 0) is 79.5 Å². The molecular weight excluding hydrogens is 568 g/mol. The zero-order valence-electron chi connectivity index (χ0n) is 35.1. The summed E-state index contributed by atoms with van der Waals surface area (Å²) in [6.45, 7) is 56.4. The fourth-order valence-corrected chi connectivity index (χ4v) is 4.88. The minimum Gasteiger partial charge on any atom is -0.305 e. The van der Waals surface area contributed by atoms with Gasteiger partial charge in [0.15, 0.2) is 0 Å². The molecule has 8 nitrogen and oxygen atoms in total. The number of nitrogens with zero attached hydrogens (tertiary/aromatic N) is 8. The summed E-state index contributed by atoms with van der Waals surface area (Å²) in [5, 5.41) is 0. The highest BCUT2D eigenvalue weighted by Gasteiger charge is 2.12. The monoisotopic (exact) mass is 661 g/mol. The lowest BCUT2D eigenvalue weighted by Crippen LogP contribution is -2.44. The predicted molar refractivity (Wildman–Crippen MR) is 213 cm³/mol. The van der Waals surface area contributed by atoms with Crippen LogP contribution in [0.5, 0.6) is 0 Å². The number of hydrogen-bond acceptors (Lipinski definition) is 8. The van der Waals surface area contributed by atoms with Crippen LogP contribution in [-0.2, 0) is 0 Å². The zero-order valence-corrected chi connectivity index (χ0v) is 35.1. The summed E-state index contributed by atoms with van der Waals surface area (Å²) in [6.07, 6.45) is 0. The molecule has 46 heavy (non-hydrogen) atoms. The normalized spacial score (nSPS) is 11.5. The van der Waals surface area contributed by atoms with E-state index in [1.54, 1.807) is 0 Å². The summed E-state index contributed by atoms with van der Waals surface area (Å²) in [5.41, 5.74) is 0. The first-order chi connectivity index (χ1) is 22.2. The van der Waals surface area contributed by atoms with E-state index in [1.165, 1.54) is 98.2 Å². The molecule has 284 valence electrons. The molecule has 0 N–H and O–H groups in total. The first-order valence-corrected chi connectivity index (χ1v) is 19.9. The van der Waals surface area contributed by atoms with Gasteiger partial charge >= 0.3 is 0 Å². The maximum atomic E-state index is 2.67. The summed E-state index contributed by atoms with van der Waals surface area (Å²) >= 11 is 0. The van der Waals surface area contributed by atoms with Crippen molar-refractivity contribution in [1.29, 1.82) is 0 Å². The lowest BCUT2D eigenvalue weighted by atomic mass is 10.3. The van der Waals surface area contributed by atoms with Crippen molar-refractivity contribution in [3.05, 3.63) is 0 Å². The van der Waals surface area contributed by atoms with E-state index < -0.39 is 0 Å². The Hall–Kier alpha value is -0.320. The lowest BCUT2D eigenvalue weighted by Gasteiger charge is -2.31. The molecule has 0 unspecified atom stereocenters. The van der Waals surface area contributed by atoms with Gasteiger partial charge in [-0.15, -0.1) is 0 Å². The van der Waals surface area contributed by atoms with Crippen molar-refractivity contribution in [2.24, 2.45) is 0 Å². The van der Waals surface area contributed by atoms with Gasteiger partial charge in [0, 0.05) is 78.5 Å². The van der Waals surface area contributed by atoms with Gasteiger partial charge in [-0.2, -0.15) is 0 Å². The first-order valence-electron chi connectivity index (χ1n) is 19.9. The van der Waals surface area contributed by atoms with Crippen LogP contribution in [0.1, 0.15) is 96.9 Å². The van der Waals surface area contributed by atoms with Crippen molar-refractivity contribution in [1.82, 2.24) is 39.2 Å². The molecule has 0 aliphatic carbocycles. The zero-order chi connectivity index (χ0) is 36.2. The van der Waals surface area contributed by atoms with E-state index in [1.807, 2.05) is 27.7 Å². The van der Waals surface area contributed by atoms with Crippen molar-refractivity contribution >= 4 is 0 Å². The minimum absolute atomic E-state index is 1.13. The standard InChI is InChI=1S/C21H49N5.C13H31N3.2C2H6/c1-8-22(7)14-15-26(20-17-24(11-4)12-5)21-19-25(13-6)18-16-23(9-2)10-3;1-6-14(5)10-11-16(9-4)13-12-15(7-2)8-3;2*1-2/h8-21H2,1-7H3;6-13H2,1-5H3;2*1-2H3. The third-order valence-corrected chi connectivity index (χ3v) is 9.18. The van der Waals surface area contributed by atoms with Crippen molar-refractivity contribution in [2.45, 2.75) is 96.9 Å². The molecule has 0 aromatic rings. The quantitative estimate of drug-likeness (QED) is 0.102. The van der Waals surface area contributed by atoms with Crippen LogP contribution >= 0.6 is 0 Å². The van der Waals surface area contributed by atoms with Gasteiger partial charge < -0.3 is 34.3 Å². The Labute approximate surface area is 293 Å². The molecule has 0 radical (unpaired) electrons. The molecule has 0 saturated carbocycles. The van der Waals surface area contributed by atoms with Crippen LogP contribution in [0.25, 0.3) is 0 Å². The molecule has 0 aliphatic rings. The average molecular weight is 661 g/mol. The van der Waals surface area contributed by atoms with Gasteiger partial charge in [0.05, 0.1) is 0 Å². The highest BCUT2D eigenvalue weighted by atomic mass is 15.2. The smallest absolute Gasteiger partial charge is 0.0110 e. The van der Waals surface area contributed by atoms with E-state index in [4.69, 9.17) is 0 Å². The van der Waals surface area contributed by atoms with E-state index in [2.05, 4.69) is 123 Å². The Morgan fingerprint density at radius 2 is 0.391 bits per heavy atom. The van der Waals surface area contributed by atoms with E-state index in [0.717, 1.165) is 45.8 Å². The van der Waals surface area contributed by atoms with Crippen LogP contribution < -0.4 is 0 Å². The Bertz CT molecular complexity index is 527. The minimum atomic E-state index is 1.13. The highest BCUT2D eigenvalue weighted by Crippen LogP contribution is 1.98. The third kappa shape index (κ3) is 32.2. The second-order valence-electron chi connectivity index (χ2n) is 11.6. The largest absolute Gasteiger partial charge is 0.305 e. The molecule has 0 aromatic heterocycles. The van der Waals surface area contributed by atoms with E-state index >= 15 is 0 Å². The van der Waals surface area contributed by atoms with Crippen LogP contribution in [0, 0.1) is 0 Å². The number of rotatable bonds is 28. The van der Waals surface area contributed by atoms with Gasteiger partial charge in [0.25, 0.3) is 0 Å². The fourth-order valence-electron chi connectivity index (χ4n) is 4.88. The molecule has 8 heteroatoms. The van der Waals surface area contributed by atoms with Crippen molar-refractivity contribution in [3.63, 3.8) is 0 Å². The molecule has 0 saturated heterocycles. The summed E-state index contributed by atoms with van der Waals surface area (Å²) in [6, 6.07) is 0. The lowest BCUT2D eigenvalue weighted by molar-refractivity contribution is 0.160. The summed E-state index contributed by atoms with van der Waals surface area (Å²) < 4.78 is 0. The van der Waals surface area contributed by atoms with Crippen LogP contribution in [0.15, 0.2) is 0 Å². The second-order valence-corrected chi connectivity index (χ2v) is 11.6. The number of likely N-dealkylation sites (N-methyl/N-ethyl adjacent to an activating group) is 7. The first kappa shape index (κ1) is 52.5. The third-order valence-electron chi connectivity index (χ3n) is 9.18. The van der Waals surface area contributed by atoms with Gasteiger partial charge in [-0.25, -0.2) is 0 Å². The molecule has 0 spiro atoms. The maximum absolute atomic E-state index is 2.67. The molecule has 0 heterocycles. The van der Waals surface area contributed by atoms with E-state index in [0.29, 0.717) is 0 Å². The Morgan fingerprint density at radius 1 is 0.217 bits per heavy atom. The average Bonchev–Trinajstić information content (AvgIpc) is 3.11. The van der Waals surface area contributed by atoms with Crippen LogP contribution in [-0.4, -0.2) is 197 Å². The van der Waals surface area contributed by atoms with Crippen LogP contribution in [0.4, 0.5) is 0 Å². The molecular formula is C38H92N8. The van der Waals surface area contributed by atoms with Crippen molar-refractivity contribution < 1.29 is 0 Å².